The summed E-state index contributed by atoms with van der Waals surface area (Å²) >= 11 is 0. The highest BCUT2D eigenvalue weighted by Crippen LogP contribution is 2.17. The molecule has 0 aliphatic rings. The van der Waals surface area contributed by atoms with Crippen LogP contribution >= 0.6 is 0 Å². The highest BCUT2D eigenvalue weighted by molar-refractivity contribution is 7.89. The summed E-state index contributed by atoms with van der Waals surface area (Å²) in [5, 5.41) is 3.96. The first kappa shape index (κ1) is 20.7. The third-order valence-corrected chi connectivity index (χ3v) is 6.05. The first-order valence-electron chi connectivity index (χ1n) is 8.50. The van der Waals surface area contributed by atoms with Crippen LogP contribution in [0.5, 0.6) is 0 Å². The van der Waals surface area contributed by atoms with E-state index in [-0.39, 0.29) is 10.5 Å². The summed E-state index contributed by atoms with van der Waals surface area (Å²) in [6.07, 6.45) is 0. The van der Waals surface area contributed by atoms with E-state index >= 15 is 0 Å². The summed E-state index contributed by atoms with van der Waals surface area (Å²) < 4.78 is 39.8. The second kappa shape index (κ2) is 8.88. The van der Waals surface area contributed by atoms with E-state index in [1.165, 1.54) is 40.7 Å². The van der Waals surface area contributed by atoms with Crippen molar-refractivity contribution in [3.63, 3.8) is 0 Å². The number of halogens is 1. The van der Waals surface area contributed by atoms with Crippen LogP contribution < -0.4 is 5.43 Å². The van der Waals surface area contributed by atoms with E-state index in [9.17, 15) is 17.6 Å². The van der Waals surface area contributed by atoms with Crippen molar-refractivity contribution in [2.45, 2.75) is 25.7 Å². The van der Waals surface area contributed by atoms with Gasteiger partial charge in [0, 0.05) is 24.2 Å². The third kappa shape index (κ3) is 4.99. The van der Waals surface area contributed by atoms with Crippen molar-refractivity contribution < 1.29 is 17.6 Å². The second-order valence-electron chi connectivity index (χ2n) is 5.77. The monoisotopic (exact) mass is 391 g/mol. The molecule has 0 atom stereocenters. The molecule has 0 aromatic heterocycles. The van der Waals surface area contributed by atoms with E-state index in [1.54, 1.807) is 32.9 Å². The molecule has 6 nitrogen and oxygen atoms in total. The Labute approximate surface area is 158 Å². The zero-order valence-corrected chi connectivity index (χ0v) is 16.3. The van der Waals surface area contributed by atoms with Crippen molar-refractivity contribution in [2.24, 2.45) is 5.10 Å². The number of carbonyl (C=O) groups is 1. The molecule has 0 aliphatic carbocycles. The Kier molecular flexibility index (Phi) is 6.81. The number of amides is 1. The Morgan fingerprint density at radius 2 is 1.70 bits per heavy atom. The van der Waals surface area contributed by atoms with Crippen LogP contribution in [0.25, 0.3) is 0 Å². The number of hydrazone groups is 1. The van der Waals surface area contributed by atoms with Gasteiger partial charge < -0.3 is 0 Å². The topological polar surface area (TPSA) is 78.8 Å². The molecule has 0 spiro atoms. The van der Waals surface area contributed by atoms with Gasteiger partial charge in [-0.15, -0.1) is 0 Å². The van der Waals surface area contributed by atoms with E-state index in [4.69, 9.17) is 0 Å². The van der Waals surface area contributed by atoms with Gasteiger partial charge in [0.1, 0.15) is 5.82 Å². The number of hydrogen-bond acceptors (Lipinski definition) is 4. The van der Waals surface area contributed by atoms with Crippen LogP contribution in [0.2, 0.25) is 0 Å². The summed E-state index contributed by atoms with van der Waals surface area (Å²) in [5.41, 5.74) is 3.50. The van der Waals surface area contributed by atoms with Crippen LogP contribution in [-0.2, 0) is 10.0 Å². The quantitative estimate of drug-likeness (QED) is 0.582. The van der Waals surface area contributed by atoms with Crippen molar-refractivity contribution in [2.75, 3.05) is 13.1 Å². The number of hydrogen-bond donors (Lipinski definition) is 1. The van der Waals surface area contributed by atoms with Crippen LogP contribution in [0.15, 0.2) is 58.5 Å². The molecule has 8 heteroatoms. The minimum atomic E-state index is -3.66. The van der Waals surface area contributed by atoms with E-state index in [1.807, 2.05) is 0 Å². The lowest BCUT2D eigenvalue weighted by Gasteiger charge is -2.18. The summed E-state index contributed by atoms with van der Waals surface area (Å²) in [4.78, 5) is 12.4. The molecule has 0 aliphatic heterocycles. The Bertz CT molecular complexity index is 954. The number of carbonyl (C=O) groups excluding carboxylic acids is 1. The molecule has 0 bridgehead atoms. The van der Waals surface area contributed by atoms with Gasteiger partial charge >= 0.3 is 0 Å². The maximum atomic E-state index is 13.3. The summed E-state index contributed by atoms with van der Waals surface area (Å²) in [6.45, 7) is 5.82. The van der Waals surface area contributed by atoms with Gasteiger partial charge in [0.2, 0.25) is 10.0 Å². The van der Waals surface area contributed by atoms with Crippen LogP contribution in [0, 0.1) is 5.82 Å². The van der Waals surface area contributed by atoms with E-state index in [2.05, 4.69) is 10.5 Å². The molecule has 144 valence electrons. The molecular formula is C19H22FN3O3S. The SMILES string of the molecule is CCN(CC)S(=O)(=O)c1cccc(C(=O)N/N=C(\C)c2cccc(F)c2)c1. The molecule has 27 heavy (non-hydrogen) atoms. The molecule has 1 amide bonds. The molecule has 0 unspecified atom stereocenters. The molecule has 2 aromatic carbocycles. The Balaban J connectivity index is 2.22. The van der Waals surface area contributed by atoms with Crippen molar-refractivity contribution in [1.29, 1.82) is 0 Å². The second-order valence-corrected chi connectivity index (χ2v) is 7.70. The number of nitrogens with one attached hydrogen (secondary N) is 1. The zero-order chi connectivity index (χ0) is 20.0. The molecule has 0 fully saturated rings. The fourth-order valence-corrected chi connectivity index (χ4v) is 3.99. The highest BCUT2D eigenvalue weighted by atomic mass is 32.2. The predicted octanol–water partition coefficient (Wildman–Crippen LogP) is 3.01. The molecule has 2 aromatic rings. The number of rotatable bonds is 7. The van der Waals surface area contributed by atoms with E-state index in [0.29, 0.717) is 24.4 Å². The molecular weight excluding hydrogens is 369 g/mol. The first-order valence-corrected chi connectivity index (χ1v) is 9.94. The Morgan fingerprint density at radius 1 is 1.07 bits per heavy atom. The maximum absolute atomic E-state index is 13.3. The first-order chi connectivity index (χ1) is 12.8. The highest BCUT2D eigenvalue weighted by Gasteiger charge is 2.22. The largest absolute Gasteiger partial charge is 0.271 e. The van der Waals surface area contributed by atoms with Gasteiger partial charge in [-0.2, -0.15) is 9.41 Å². The van der Waals surface area contributed by atoms with Crippen LogP contribution in [-0.4, -0.2) is 37.4 Å². The van der Waals surface area contributed by atoms with Gasteiger partial charge in [-0.3, -0.25) is 4.79 Å². The van der Waals surface area contributed by atoms with Gasteiger partial charge in [-0.1, -0.05) is 32.0 Å². The van der Waals surface area contributed by atoms with Crippen LogP contribution in [0.1, 0.15) is 36.7 Å². The standard InChI is InChI=1S/C19H22FN3O3S/c1-4-23(5-2)27(25,26)18-11-7-9-16(13-18)19(24)22-21-14(3)15-8-6-10-17(20)12-15/h6-13H,4-5H2,1-3H3,(H,22,24)/b21-14+. The van der Waals surface area contributed by atoms with E-state index < -0.39 is 21.7 Å². The van der Waals surface area contributed by atoms with Gasteiger partial charge in [-0.25, -0.2) is 18.2 Å². The number of benzene rings is 2. The normalized spacial score (nSPS) is 12.3. The molecule has 0 radical (unpaired) electrons. The van der Waals surface area contributed by atoms with Crippen LogP contribution in [0.3, 0.4) is 0 Å². The van der Waals surface area contributed by atoms with Gasteiger partial charge in [0.15, 0.2) is 0 Å². The summed E-state index contributed by atoms with van der Waals surface area (Å²) in [7, 11) is -3.66. The molecule has 1 N–H and O–H groups in total. The lowest BCUT2D eigenvalue weighted by Crippen LogP contribution is -2.30. The molecule has 0 saturated heterocycles. The lowest BCUT2D eigenvalue weighted by atomic mass is 10.1. The summed E-state index contributed by atoms with van der Waals surface area (Å²) in [5.74, 6) is -0.954. The lowest BCUT2D eigenvalue weighted by molar-refractivity contribution is 0.0954. The zero-order valence-electron chi connectivity index (χ0n) is 15.4. The molecule has 0 heterocycles. The van der Waals surface area contributed by atoms with Gasteiger partial charge in [0.05, 0.1) is 10.6 Å². The number of nitrogens with zero attached hydrogens (tertiary/aromatic N) is 2. The third-order valence-electron chi connectivity index (χ3n) is 4.01. The minimum Gasteiger partial charge on any atom is -0.267 e. The fourth-order valence-electron chi connectivity index (χ4n) is 2.49. The predicted molar refractivity (Wildman–Crippen MR) is 103 cm³/mol. The average molecular weight is 391 g/mol. The smallest absolute Gasteiger partial charge is 0.267 e. The van der Waals surface area contributed by atoms with Crippen LogP contribution in [0.4, 0.5) is 4.39 Å². The Morgan fingerprint density at radius 3 is 2.33 bits per heavy atom. The van der Waals surface area contributed by atoms with Gasteiger partial charge in [0.25, 0.3) is 5.91 Å². The van der Waals surface area contributed by atoms with Crippen molar-refractivity contribution in [1.82, 2.24) is 9.73 Å². The molecule has 2 rings (SSSR count). The molecule has 0 saturated carbocycles. The van der Waals surface area contributed by atoms with Crippen molar-refractivity contribution >= 4 is 21.6 Å². The maximum Gasteiger partial charge on any atom is 0.271 e. The van der Waals surface area contributed by atoms with Crippen molar-refractivity contribution in [3.8, 4) is 0 Å². The van der Waals surface area contributed by atoms with Crippen molar-refractivity contribution in [3.05, 3.63) is 65.5 Å². The summed E-state index contributed by atoms with van der Waals surface area (Å²) in [6, 6.07) is 11.6. The van der Waals surface area contributed by atoms with Gasteiger partial charge in [-0.05, 0) is 37.3 Å². The average Bonchev–Trinajstić information content (AvgIpc) is 2.66. The fraction of sp³-hybridized carbons (Fsp3) is 0.263. The number of sulfonamides is 1. The Hall–Kier alpha value is -2.58. The van der Waals surface area contributed by atoms with E-state index in [0.717, 1.165) is 0 Å². The minimum absolute atomic E-state index is 0.0460.